The standard InChI is InChI=1S/C14H20N2O3S/c1-4-14(3,5-2)16-20(18,19)13-9-12(7-6-8-17)10-15-11-13/h9-11,16-17H,4-5,8H2,1-3H3. The minimum absolute atomic E-state index is 0.0790. The summed E-state index contributed by atoms with van der Waals surface area (Å²) in [6.45, 7) is 5.47. The first-order valence-corrected chi connectivity index (χ1v) is 7.94. The SMILES string of the molecule is CCC(C)(CC)NS(=O)(=O)c1cncc(C#CCO)c1. The number of aliphatic hydroxyl groups excluding tert-OH is 1. The van der Waals surface area contributed by atoms with Crippen LogP contribution in [-0.4, -0.2) is 30.7 Å². The van der Waals surface area contributed by atoms with Gasteiger partial charge in [0.05, 0.1) is 0 Å². The molecule has 0 bridgehead atoms. The molecule has 1 aromatic rings. The van der Waals surface area contributed by atoms with Crippen molar-refractivity contribution in [3.8, 4) is 11.8 Å². The van der Waals surface area contributed by atoms with E-state index in [0.29, 0.717) is 18.4 Å². The fraction of sp³-hybridized carbons (Fsp3) is 0.500. The summed E-state index contributed by atoms with van der Waals surface area (Å²) < 4.78 is 27.4. The summed E-state index contributed by atoms with van der Waals surface area (Å²) >= 11 is 0. The van der Waals surface area contributed by atoms with Crippen LogP contribution in [0.4, 0.5) is 0 Å². The van der Waals surface area contributed by atoms with Crippen LogP contribution in [0.3, 0.4) is 0 Å². The van der Waals surface area contributed by atoms with Gasteiger partial charge in [-0.25, -0.2) is 13.1 Å². The Bertz CT molecular complexity index is 611. The van der Waals surface area contributed by atoms with E-state index in [2.05, 4.69) is 21.5 Å². The molecule has 1 aromatic heterocycles. The van der Waals surface area contributed by atoms with Gasteiger partial charge >= 0.3 is 0 Å². The number of aliphatic hydroxyl groups is 1. The Morgan fingerprint density at radius 2 is 2.00 bits per heavy atom. The first kappa shape index (κ1) is 16.6. The van der Waals surface area contributed by atoms with Crippen LogP contribution in [0.5, 0.6) is 0 Å². The van der Waals surface area contributed by atoms with Gasteiger partial charge in [-0.1, -0.05) is 25.7 Å². The average Bonchev–Trinajstić information content (AvgIpc) is 2.45. The molecule has 1 rings (SSSR count). The first-order valence-electron chi connectivity index (χ1n) is 6.45. The maximum atomic E-state index is 12.3. The monoisotopic (exact) mass is 296 g/mol. The highest BCUT2D eigenvalue weighted by atomic mass is 32.2. The number of sulfonamides is 1. The van der Waals surface area contributed by atoms with Gasteiger partial charge in [0.2, 0.25) is 10.0 Å². The van der Waals surface area contributed by atoms with Crippen LogP contribution in [-0.2, 0) is 10.0 Å². The van der Waals surface area contributed by atoms with Crippen LogP contribution in [0.15, 0.2) is 23.4 Å². The molecular formula is C14H20N2O3S. The Hall–Kier alpha value is -1.42. The third-order valence-electron chi connectivity index (χ3n) is 3.28. The number of rotatable bonds is 5. The molecule has 5 nitrogen and oxygen atoms in total. The molecule has 110 valence electrons. The highest BCUT2D eigenvalue weighted by Crippen LogP contribution is 2.18. The molecule has 0 amide bonds. The van der Waals surface area contributed by atoms with Crippen molar-refractivity contribution in [2.24, 2.45) is 0 Å². The zero-order chi connectivity index (χ0) is 15.2. The van der Waals surface area contributed by atoms with Crippen molar-refractivity contribution in [2.75, 3.05) is 6.61 Å². The minimum atomic E-state index is -3.63. The number of pyridine rings is 1. The summed E-state index contributed by atoms with van der Waals surface area (Å²) in [6.07, 6.45) is 4.14. The molecule has 0 aliphatic carbocycles. The van der Waals surface area contributed by atoms with Crippen molar-refractivity contribution >= 4 is 10.0 Å². The van der Waals surface area contributed by atoms with E-state index in [9.17, 15) is 8.42 Å². The maximum absolute atomic E-state index is 12.3. The number of aromatic nitrogens is 1. The lowest BCUT2D eigenvalue weighted by Gasteiger charge is -2.27. The van der Waals surface area contributed by atoms with Gasteiger partial charge in [0.25, 0.3) is 0 Å². The number of hydrogen-bond donors (Lipinski definition) is 2. The van der Waals surface area contributed by atoms with Crippen molar-refractivity contribution < 1.29 is 13.5 Å². The summed E-state index contributed by atoms with van der Waals surface area (Å²) in [7, 11) is -3.63. The predicted molar refractivity (Wildman–Crippen MR) is 77.5 cm³/mol. The molecule has 0 unspecified atom stereocenters. The summed E-state index contributed by atoms with van der Waals surface area (Å²) in [5, 5.41) is 8.65. The van der Waals surface area contributed by atoms with Gasteiger partial charge in [0.1, 0.15) is 11.5 Å². The van der Waals surface area contributed by atoms with Gasteiger partial charge in [-0.3, -0.25) is 4.98 Å². The van der Waals surface area contributed by atoms with Crippen molar-refractivity contribution in [1.29, 1.82) is 0 Å². The molecular weight excluding hydrogens is 276 g/mol. The molecule has 2 N–H and O–H groups in total. The summed E-state index contributed by atoms with van der Waals surface area (Å²) in [5.74, 6) is 5.11. The lowest BCUT2D eigenvalue weighted by atomic mass is 9.98. The normalized spacial score (nSPS) is 11.8. The van der Waals surface area contributed by atoms with Gasteiger partial charge in [-0.2, -0.15) is 0 Å². The summed E-state index contributed by atoms with van der Waals surface area (Å²) in [5.41, 5.74) is -0.0253. The van der Waals surface area contributed by atoms with E-state index in [-0.39, 0.29) is 11.5 Å². The summed E-state index contributed by atoms with van der Waals surface area (Å²) in [4.78, 5) is 3.96. The van der Waals surface area contributed by atoms with Crippen molar-refractivity contribution in [3.05, 3.63) is 24.0 Å². The number of nitrogens with zero attached hydrogens (tertiary/aromatic N) is 1. The molecule has 6 heteroatoms. The van der Waals surface area contributed by atoms with Gasteiger partial charge in [0.15, 0.2) is 0 Å². The van der Waals surface area contributed by atoms with E-state index >= 15 is 0 Å². The third kappa shape index (κ3) is 4.30. The molecule has 20 heavy (non-hydrogen) atoms. The second-order valence-electron chi connectivity index (χ2n) is 4.74. The first-order chi connectivity index (χ1) is 9.37. The highest BCUT2D eigenvalue weighted by molar-refractivity contribution is 7.89. The van der Waals surface area contributed by atoms with E-state index in [1.165, 1.54) is 18.5 Å². The van der Waals surface area contributed by atoms with Crippen LogP contribution in [0, 0.1) is 11.8 Å². The highest BCUT2D eigenvalue weighted by Gasteiger charge is 2.27. The molecule has 0 radical (unpaired) electrons. The average molecular weight is 296 g/mol. The number of hydrogen-bond acceptors (Lipinski definition) is 4. The second kappa shape index (κ2) is 6.84. The van der Waals surface area contributed by atoms with Crippen LogP contribution in [0.1, 0.15) is 39.2 Å². The van der Waals surface area contributed by atoms with E-state index in [1.54, 1.807) is 0 Å². The fourth-order valence-corrected chi connectivity index (χ4v) is 3.09. The fourth-order valence-electron chi connectivity index (χ4n) is 1.55. The maximum Gasteiger partial charge on any atom is 0.242 e. The Kier molecular flexibility index (Phi) is 5.69. The van der Waals surface area contributed by atoms with Crippen molar-refractivity contribution in [3.63, 3.8) is 0 Å². The van der Waals surface area contributed by atoms with Crippen LogP contribution >= 0.6 is 0 Å². The van der Waals surface area contributed by atoms with Gasteiger partial charge in [0, 0.05) is 23.5 Å². The van der Waals surface area contributed by atoms with E-state index < -0.39 is 15.6 Å². The predicted octanol–water partition coefficient (Wildman–Crippen LogP) is 1.28. The Balaban J connectivity index is 3.10. The smallest absolute Gasteiger partial charge is 0.242 e. The topological polar surface area (TPSA) is 79.3 Å². The number of nitrogens with one attached hydrogen (secondary N) is 1. The quantitative estimate of drug-likeness (QED) is 0.802. The summed E-state index contributed by atoms with van der Waals surface area (Å²) in [6, 6.07) is 1.45. The van der Waals surface area contributed by atoms with Crippen molar-refractivity contribution in [2.45, 2.75) is 44.0 Å². The molecule has 0 saturated heterocycles. The largest absolute Gasteiger partial charge is 0.384 e. The zero-order valence-corrected chi connectivity index (χ0v) is 12.8. The second-order valence-corrected chi connectivity index (χ2v) is 6.42. The van der Waals surface area contributed by atoms with E-state index in [4.69, 9.17) is 5.11 Å². The van der Waals surface area contributed by atoms with Crippen LogP contribution in [0.25, 0.3) is 0 Å². The van der Waals surface area contributed by atoms with Gasteiger partial charge in [-0.15, -0.1) is 0 Å². The Labute approximate surface area is 120 Å². The molecule has 0 saturated carbocycles. The zero-order valence-electron chi connectivity index (χ0n) is 12.0. The molecule has 0 spiro atoms. The van der Waals surface area contributed by atoms with Crippen LogP contribution < -0.4 is 4.72 Å². The molecule has 0 aliphatic heterocycles. The molecule has 0 aromatic carbocycles. The molecule has 0 fully saturated rings. The third-order valence-corrected chi connectivity index (χ3v) is 4.88. The Morgan fingerprint density at radius 3 is 2.55 bits per heavy atom. The van der Waals surface area contributed by atoms with E-state index in [1.807, 2.05) is 20.8 Å². The van der Waals surface area contributed by atoms with Crippen LogP contribution in [0.2, 0.25) is 0 Å². The minimum Gasteiger partial charge on any atom is -0.384 e. The lowest BCUT2D eigenvalue weighted by molar-refractivity contribution is 0.350. The lowest BCUT2D eigenvalue weighted by Crippen LogP contribution is -2.44. The Morgan fingerprint density at radius 1 is 1.35 bits per heavy atom. The van der Waals surface area contributed by atoms with E-state index in [0.717, 1.165) is 0 Å². The molecule has 1 heterocycles. The molecule has 0 atom stereocenters. The molecule has 0 aliphatic rings. The van der Waals surface area contributed by atoms with Gasteiger partial charge in [-0.05, 0) is 25.8 Å². The van der Waals surface area contributed by atoms with Crippen molar-refractivity contribution in [1.82, 2.24) is 9.71 Å². The van der Waals surface area contributed by atoms with Gasteiger partial charge < -0.3 is 5.11 Å².